The lowest BCUT2D eigenvalue weighted by atomic mass is 9.71. The zero-order valence-electron chi connectivity index (χ0n) is 12.2. The molecule has 0 spiro atoms. The van der Waals surface area contributed by atoms with Gasteiger partial charge in [0.1, 0.15) is 0 Å². The van der Waals surface area contributed by atoms with Crippen molar-refractivity contribution in [2.24, 2.45) is 0 Å². The van der Waals surface area contributed by atoms with E-state index in [1.165, 1.54) is 43.4 Å². The highest BCUT2D eigenvalue weighted by atomic mass is 15.1. The predicted octanol–water partition coefficient (Wildman–Crippen LogP) is 4.75. The molecular formula is C17H27N. The molecule has 0 aliphatic heterocycles. The first-order valence-corrected chi connectivity index (χ1v) is 7.55. The average molecular weight is 245 g/mol. The monoisotopic (exact) mass is 245 g/mol. The summed E-state index contributed by atoms with van der Waals surface area (Å²) in [5.74, 6) is 0. The van der Waals surface area contributed by atoms with Crippen LogP contribution < -0.4 is 4.90 Å². The fourth-order valence-corrected chi connectivity index (χ4v) is 3.28. The van der Waals surface area contributed by atoms with Crippen molar-refractivity contribution in [1.82, 2.24) is 0 Å². The van der Waals surface area contributed by atoms with E-state index in [-0.39, 0.29) is 0 Å². The van der Waals surface area contributed by atoms with Crippen molar-refractivity contribution in [1.29, 1.82) is 0 Å². The van der Waals surface area contributed by atoms with Crippen LogP contribution in [0.15, 0.2) is 24.3 Å². The Balaban J connectivity index is 2.16. The molecule has 0 unspecified atom stereocenters. The van der Waals surface area contributed by atoms with Gasteiger partial charge < -0.3 is 4.90 Å². The molecule has 1 saturated carbocycles. The van der Waals surface area contributed by atoms with Gasteiger partial charge in [-0.1, -0.05) is 38.3 Å². The van der Waals surface area contributed by atoms with Crippen LogP contribution in [-0.4, -0.2) is 13.1 Å². The molecule has 1 aliphatic carbocycles. The first kappa shape index (κ1) is 13.5. The van der Waals surface area contributed by atoms with Gasteiger partial charge in [0.05, 0.1) is 0 Å². The van der Waals surface area contributed by atoms with Crippen LogP contribution in [0.3, 0.4) is 0 Å². The molecule has 2 rings (SSSR count). The van der Waals surface area contributed by atoms with E-state index < -0.39 is 0 Å². The summed E-state index contributed by atoms with van der Waals surface area (Å²) in [7, 11) is 0. The van der Waals surface area contributed by atoms with Crippen LogP contribution in [0.5, 0.6) is 0 Å². The minimum Gasteiger partial charge on any atom is -0.372 e. The lowest BCUT2D eigenvalue weighted by molar-refractivity contribution is 0.319. The molecular weight excluding hydrogens is 218 g/mol. The second-order valence-corrected chi connectivity index (χ2v) is 5.84. The van der Waals surface area contributed by atoms with E-state index >= 15 is 0 Å². The van der Waals surface area contributed by atoms with Crippen molar-refractivity contribution in [3.05, 3.63) is 29.8 Å². The van der Waals surface area contributed by atoms with Gasteiger partial charge in [0.15, 0.2) is 0 Å². The highest BCUT2D eigenvalue weighted by Gasteiger charge is 2.28. The van der Waals surface area contributed by atoms with Gasteiger partial charge >= 0.3 is 0 Å². The van der Waals surface area contributed by atoms with Crippen LogP contribution in [0.2, 0.25) is 0 Å². The molecule has 1 nitrogen and oxygen atoms in total. The SMILES string of the molecule is CCN(CC)c1ccc(C2(C)CCCCC2)cc1. The maximum atomic E-state index is 2.44. The third-order valence-corrected chi connectivity index (χ3v) is 4.65. The molecule has 1 aliphatic rings. The number of hydrogen-bond donors (Lipinski definition) is 0. The van der Waals surface area contributed by atoms with E-state index in [9.17, 15) is 0 Å². The van der Waals surface area contributed by atoms with Gasteiger partial charge in [0.2, 0.25) is 0 Å². The summed E-state index contributed by atoms with van der Waals surface area (Å²) < 4.78 is 0. The van der Waals surface area contributed by atoms with Gasteiger partial charge in [-0.05, 0) is 49.8 Å². The summed E-state index contributed by atoms with van der Waals surface area (Å²) in [6, 6.07) is 9.34. The fraction of sp³-hybridized carbons (Fsp3) is 0.647. The molecule has 1 fully saturated rings. The van der Waals surface area contributed by atoms with E-state index in [2.05, 4.69) is 49.9 Å². The Kier molecular flexibility index (Phi) is 4.31. The van der Waals surface area contributed by atoms with Crippen LogP contribution in [0, 0.1) is 0 Å². The maximum Gasteiger partial charge on any atom is 0.0366 e. The van der Waals surface area contributed by atoms with Crippen LogP contribution >= 0.6 is 0 Å². The summed E-state index contributed by atoms with van der Waals surface area (Å²) in [6.45, 7) is 9.07. The van der Waals surface area contributed by atoms with Gasteiger partial charge in [0.25, 0.3) is 0 Å². The molecule has 0 radical (unpaired) electrons. The Bertz CT molecular complexity index is 356. The quantitative estimate of drug-likeness (QED) is 0.739. The molecule has 1 aromatic rings. The lowest BCUT2D eigenvalue weighted by Crippen LogP contribution is -2.25. The van der Waals surface area contributed by atoms with Crippen molar-refractivity contribution in [3.8, 4) is 0 Å². The van der Waals surface area contributed by atoms with Crippen LogP contribution in [0.25, 0.3) is 0 Å². The Labute approximate surface area is 112 Å². The van der Waals surface area contributed by atoms with E-state index in [4.69, 9.17) is 0 Å². The van der Waals surface area contributed by atoms with Crippen molar-refractivity contribution >= 4 is 5.69 Å². The van der Waals surface area contributed by atoms with Gasteiger partial charge in [-0.15, -0.1) is 0 Å². The second-order valence-electron chi connectivity index (χ2n) is 5.84. The third kappa shape index (κ3) is 2.71. The smallest absolute Gasteiger partial charge is 0.0366 e. The van der Waals surface area contributed by atoms with Crippen molar-refractivity contribution < 1.29 is 0 Å². The largest absolute Gasteiger partial charge is 0.372 e. The molecule has 1 heteroatoms. The second kappa shape index (κ2) is 5.77. The van der Waals surface area contributed by atoms with E-state index in [1.807, 2.05) is 0 Å². The Hall–Kier alpha value is -0.980. The standard InChI is InChI=1S/C17H27N/c1-4-18(5-2)16-11-9-15(10-12-16)17(3)13-7-6-8-14-17/h9-12H,4-8,13-14H2,1-3H3. The van der Waals surface area contributed by atoms with Crippen LogP contribution in [0.4, 0.5) is 5.69 Å². The zero-order valence-corrected chi connectivity index (χ0v) is 12.2. The predicted molar refractivity (Wildman–Crippen MR) is 80.4 cm³/mol. The maximum absolute atomic E-state index is 2.44. The van der Waals surface area contributed by atoms with Gasteiger partial charge in [0, 0.05) is 18.8 Å². The number of benzene rings is 1. The topological polar surface area (TPSA) is 3.24 Å². The van der Waals surface area contributed by atoms with Crippen LogP contribution in [0.1, 0.15) is 58.4 Å². The number of rotatable bonds is 4. The molecule has 0 aromatic heterocycles. The summed E-state index contributed by atoms with van der Waals surface area (Å²) >= 11 is 0. The molecule has 0 atom stereocenters. The molecule has 0 N–H and O–H groups in total. The molecule has 0 heterocycles. The highest BCUT2D eigenvalue weighted by Crippen LogP contribution is 2.39. The number of anilines is 1. The van der Waals surface area contributed by atoms with Crippen LogP contribution in [-0.2, 0) is 5.41 Å². The summed E-state index contributed by atoms with van der Waals surface area (Å²) in [5, 5.41) is 0. The Morgan fingerprint density at radius 1 is 0.944 bits per heavy atom. The first-order chi connectivity index (χ1) is 8.69. The Morgan fingerprint density at radius 3 is 2.00 bits per heavy atom. The fourth-order valence-electron chi connectivity index (χ4n) is 3.28. The highest BCUT2D eigenvalue weighted by molar-refractivity contribution is 5.48. The van der Waals surface area contributed by atoms with Crippen molar-refractivity contribution in [2.45, 2.75) is 58.3 Å². The molecule has 18 heavy (non-hydrogen) atoms. The normalized spacial score (nSPS) is 18.6. The minimum absolute atomic E-state index is 0.431. The van der Waals surface area contributed by atoms with Crippen molar-refractivity contribution in [3.63, 3.8) is 0 Å². The zero-order chi connectivity index (χ0) is 13.0. The van der Waals surface area contributed by atoms with Gasteiger partial charge in [-0.25, -0.2) is 0 Å². The summed E-state index contributed by atoms with van der Waals surface area (Å²) in [5.41, 5.74) is 3.33. The molecule has 0 saturated heterocycles. The third-order valence-electron chi connectivity index (χ3n) is 4.65. The number of hydrogen-bond acceptors (Lipinski definition) is 1. The molecule has 100 valence electrons. The minimum atomic E-state index is 0.431. The van der Waals surface area contributed by atoms with Crippen molar-refractivity contribution in [2.75, 3.05) is 18.0 Å². The average Bonchev–Trinajstić information content (AvgIpc) is 2.42. The van der Waals surface area contributed by atoms with E-state index in [1.54, 1.807) is 0 Å². The summed E-state index contributed by atoms with van der Waals surface area (Å²) in [4.78, 5) is 2.41. The van der Waals surface area contributed by atoms with Gasteiger partial charge in [-0.2, -0.15) is 0 Å². The molecule has 1 aromatic carbocycles. The van der Waals surface area contributed by atoms with E-state index in [0.717, 1.165) is 13.1 Å². The number of nitrogens with zero attached hydrogens (tertiary/aromatic N) is 1. The molecule has 0 amide bonds. The van der Waals surface area contributed by atoms with Gasteiger partial charge in [-0.3, -0.25) is 0 Å². The molecule has 0 bridgehead atoms. The Morgan fingerprint density at radius 2 is 1.50 bits per heavy atom. The first-order valence-electron chi connectivity index (χ1n) is 7.55. The van der Waals surface area contributed by atoms with E-state index in [0.29, 0.717) is 5.41 Å². The summed E-state index contributed by atoms with van der Waals surface area (Å²) in [6.07, 6.45) is 6.94. The lowest BCUT2D eigenvalue weighted by Gasteiger charge is -2.34.